The minimum absolute atomic E-state index is 0.214. The highest BCUT2D eigenvalue weighted by Gasteiger charge is 1.93. The number of hydrogen-bond acceptors (Lipinski definition) is 1. The summed E-state index contributed by atoms with van der Waals surface area (Å²) in [4.78, 5) is 10.6. The molecule has 0 saturated carbocycles. The lowest BCUT2D eigenvalue weighted by molar-refractivity contribution is -0.116. The van der Waals surface area contributed by atoms with Crippen molar-refractivity contribution in [1.82, 2.24) is 0 Å². The molecule has 0 amide bonds. The highest BCUT2D eigenvalue weighted by Crippen LogP contribution is 1.98. The molecule has 0 aliphatic rings. The fourth-order valence-corrected chi connectivity index (χ4v) is 1.42. The monoisotopic (exact) mass is 286 g/mol. The smallest absolute Gasteiger partial charge is 0.134 e. The molecule has 0 spiro atoms. The maximum atomic E-state index is 10.6. The van der Waals surface area contributed by atoms with Crippen molar-refractivity contribution in [3.05, 3.63) is 71.8 Å². The number of benzene rings is 2. The number of rotatable bonds is 2. The van der Waals surface area contributed by atoms with Crippen LogP contribution in [-0.4, -0.2) is 5.78 Å². The molecule has 2 rings (SSSR count). The van der Waals surface area contributed by atoms with E-state index < -0.39 is 0 Å². The van der Waals surface area contributed by atoms with Gasteiger partial charge in [-0.1, -0.05) is 93.9 Å². The molecule has 0 N–H and O–H groups in total. The van der Waals surface area contributed by atoms with E-state index >= 15 is 0 Å². The van der Waals surface area contributed by atoms with E-state index in [0.29, 0.717) is 6.42 Å². The van der Waals surface area contributed by atoms with Crippen molar-refractivity contribution in [3.63, 3.8) is 0 Å². The zero-order valence-electron chi connectivity index (χ0n) is 14.4. The Labute approximate surface area is 131 Å². The van der Waals surface area contributed by atoms with Gasteiger partial charge in [0.05, 0.1) is 0 Å². The van der Waals surface area contributed by atoms with E-state index in [1.807, 2.05) is 76.2 Å². The summed E-state index contributed by atoms with van der Waals surface area (Å²) in [5.41, 5.74) is 2.41. The van der Waals surface area contributed by atoms with E-state index in [4.69, 9.17) is 0 Å². The third kappa shape index (κ3) is 14.3. The van der Waals surface area contributed by atoms with Gasteiger partial charge in [0.25, 0.3) is 0 Å². The van der Waals surface area contributed by atoms with Crippen molar-refractivity contribution in [2.45, 2.75) is 48.0 Å². The van der Waals surface area contributed by atoms with Gasteiger partial charge < -0.3 is 0 Å². The number of ketones is 1. The third-order valence-corrected chi connectivity index (χ3v) is 2.24. The summed E-state index contributed by atoms with van der Waals surface area (Å²) in [5.74, 6) is 0.214. The van der Waals surface area contributed by atoms with Crippen LogP contribution in [0.1, 0.15) is 45.7 Å². The Morgan fingerprint density at radius 3 is 1.43 bits per heavy atom. The Bertz CT molecular complexity index is 432. The first-order valence-electron chi connectivity index (χ1n) is 7.73. The van der Waals surface area contributed by atoms with Crippen LogP contribution >= 0.6 is 0 Å². The number of hydrogen-bond donors (Lipinski definition) is 0. The molecular formula is C20H30O. The molecule has 0 unspecified atom stereocenters. The van der Waals surface area contributed by atoms with Gasteiger partial charge in [0.1, 0.15) is 5.78 Å². The molecular weight excluding hydrogens is 256 g/mol. The van der Waals surface area contributed by atoms with E-state index in [9.17, 15) is 4.79 Å². The Balaban J connectivity index is 0. The van der Waals surface area contributed by atoms with Crippen LogP contribution in [0, 0.1) is 6.92 Å². The fraction of sp³-hybridized carbons (Fsp3) is 0.350. The van der Waals surface area contributed by atoms with Crippen molar-refractivity contribution in [1.29, 1.82) is 0 Å². The summed E-state index contributed by atoms with van der Waals surface area (Å²) in [6.07, 6.45) is 0.556. The third-order valence-electron chi connectivity index (χ3n) is 2.24. The number of carbonyl (C=O) groups excluding carboxylic acids is 1. The second kappa shape index (κ2) is 16.2. The van der Waals surface area contributed by atoms with E-state index in [2.05, 4.69) is 19.1 Å². The lowest BCUT2D eigenvalue weighted by atomic mass is 10.1. The summed E-state index contributed by atoms with van der Waals surface area (Å²) in [5, 5.41) is 0. The first kappa shape index (κ1) is 21.4. The van der Waals surface area contributed by atoms with Gasteiger partial charge in [-0.25, -0.2) is 0 Å². The van der Waals surface area contributed by atoms with Crippen LogP contribution in [-0.2, 0) is 11.2 Å². The van der Waals surface area contributed by atoms with Crippen LogP contribution in [0.3, 0.4) is 0 Å². The second-order valence-electron chi connectivity index (χ2n) is 4.02. The number of Topliss-reactive ketones (excluding diaryl/α,β-unsaturated/α-hetero) is 1. The SMILES string of the molecule is CC.CC.CC(=O)Cc1ccccc1.Cc1ccccc1. The molecule has 0 bridgehead atoms. The quantitative estimate of drug-likeness (QED) is 0.675. The van der Waals surface area contributed by atoms with E-state index in [-0.39, 0.29) is 5.78 Å². The van der Waals surface area contributed by atoms with Gasteiger partial charge in [-0.3, -0.25) is 4.79 Å². The molecule has 0 aliphatic heterocycles. The number of aryl methyl sites for hydroxylation is 1. The minimum atomic E-state index is 0.214. The molecule has 21 heavy (non-hydrogen) atoms. The lowest BCUT2D eigenvalue weighted by Gasteiger charge is -1.93. The largest absolute Gasteiger partial charge is 0.300 e. The number of carbonyl (C=O) groups is 1. The standard InChI is InChI=1S/C9H10O.C7H8.2C2H6/c1-8(10)7-9-5-3-2-4-6-9;1-7-5-3-2-4-6-7;2*1-2/h2-6H,7H2,1H3;2-6H,1H3;2*1-2H3. The van der Waals surface area contributed by atoms with Gasteiger partial charge in [0.2, 0.25) is 0 Å². The van der Waals surface area contributed by atoms with Crippen LogP contribution in [0.15, 0.2) is 60.7 Å². The molecule has 0 heterocycles. The summed E-state index contributed by atoms with van der Waals surface area (Å²) in [6.45, 7) is 11.7. The average molecular weight is 286 g/mol. The molecule has 0 aromatic heterocycles. The van der Waals surface area contributed by atoms with Gasteiger partial charge in [0, 0.05) is 6.42 Å². The summed E-state index contributed by atoms with van der Waals surface area (Å²) >= 11 is 0. The highest BCUT2D eigenvalue weighted by molar-refractivity contribution is 5.78. The summed E-state index contributed by atoms with van der Waals surface area (Å²) in [7, 11) is 0. The fourth-order valence-electron chi connectivity index (χ4n) is 1.42. The van der Waals surface area contributed by atoms with Crippen molar-refractivity contribution in [2.75, 3.05) is 0 Å². The first-order valence-corrected chi connectivity index (χ1v) is 7.73. The van der Waals surface area contributed by atoms with Crippen LogP contribution in [0.4, 0.5) is 0 Å². The van der Waals surface area contributed by atoms with Gasteiger partial charge in [0.15, 0.2) is 0 Å². The van der Waals surface area contributed by atoms with Gasteiger partial charge in [-0.2, -0.15) is 0 Å². The van der Waals surface area contributed by atoms with Gasteiger partial charge in [-0.15, -0.1) is 0 Å². The van der Waals surface area contributed by atoms with Crippen LogP contribution in [0.5, 0.6) is 0 Å². The van der Waals surface area contributed by atoms with Crippen LogP contribution in [0.25, 0.3) is 0 Å². The molecule has 0 atom stereocenters. The predicted octanol–water partition coefficient (Wildman–Crippen LogP) is 5.87. The zero-order valence-corrected chi connectivity index (χ0v) is 14.4. The van der Waals surface area contributed by atoms with Crippen molar-refractivity contribution in [2.24, 2.45) is 0 Å². The average Bonchev–Trinajstić information content (AvgIpc) is 2.53. The molecule has 2 aromatic rings. The lowest BCUT2D eigenvalue weighted by Crippen LogP contribution is -1.94. The normalized spacial score (nSPS) is 7.90. The Hall–Kier alpha value is -1.89. The topological polar surface area (TPSA) is 17.1 Å². The van der Waals surface area contributed by atoms with E-state index in [1.54, 1.807) is 6.92 Å². The molecule has 0 radical (unpaired) electrons. The molecule has 0 aliphatic carbocycles. The Morgan fingerprint density at radius 1 is 0.762 bits per heavy atom. The predicted molar refractivity (Wildman–Crippen MR) is 94.7 cm³/mol. The Morgan fingerprint density at radius 2 is 1.14 bits per heavy atom. The van der Waals surface area contributed by atoms with E-state index in [0.717, 1.165) is 5.56 Å². The zero-order chi connectivity index (χ0) is 16.5. The highest BCUT2D eigenvalue weighted by atomic mass is 16.1. The first-order chi connectivity index (χ1) is 10.2. The van der Waals surface area contributed by atoms with Gasteiger partial charge >= 0.3 is 0 Å². The Kier molecular flexibility index (Phi) is 16.5. The second-order valence-corrected chi connectivity index (χ2v) is 4.02. The maximum Gasteiger partial charge on any atom is 0.134 e. The molecule has 2 aromatic carbocycles. The van der Waals surface area contributed by atoms with Crippen molar-refractivity contribution in [3.8, 4) is 0 Å². The molecule has 0 fully saturated rings. The van der Waals surface area contributed by atoms with Crippen LogP contribution in [0.2, 0.25) is 0 Å². The van der Waals surface area contributed by atoms with Gasteiger partial charge in [-0.05, 0) is 19.4 Å². The van der Waals surface area contributed by atoms with E-state index in [1.165, 1.54) is 5.56 Å². The summed E-state index contributed by atoms with van der Waals surface area (Å²) in [6, 6.07) is 20.0. The molecule has 0 saturated heterocycles. The molecule has 116 valence electrons. The summed E-state index contributed by atoms with van der Waals surface area (Å²) < 4.78 is 0. The molecule has 1 heteroatoms. The minimum Gasteiger partial charge on any atom is -0.300 e. The molecule has 1 nitrogen and oxygen atoms in total. The van der Waals surface area contributed by atoms with Crippen molar-refractivity contribution < 1.29 is 4.79 Å². The van der Waals surface area contributed by atoms with Crippen LogP contribution < -0.4 is 0 Å². The maximum absolute atomic E-state index is 10.6. The van der Waals surface area contributed by atoms with Crippen molar-refractivity contribution >= 4 is 5.78 Å².